The number of hydrogen-bond acceptors (Lipinski definition) is 4. The number of hydrogen-bond donors (Lipinski definition) is 1. The average molecular weight is 278 g/mol. The van der Waals surface area contributed by atoms with Gasteiger partial charge in [0.05, 0.1) is 28.3 Å². The number of carbonyl (C=O) groups is 1. The monoisotopic (exact) mass is 278 g/mol. The fourth-order valence-electron chi connectivity index (χ4n) is 2.04. The predicted octanol–water partition coefficient (Wildman–Crippen LogP) is 3.10. The van der Waals surface area contributed by atoms with E-state index in [4.69, 9.17) is 0 Å². The maximum Gasteiger partial charge on any atom is 0.258 e. The first kappa shape index (κ1) is 13.7. The Morgan fingerprint density at radius 3 is 2.47 bits per heavy atom. The first-order chi connectivity index (χ1) is 8.91. The van der Waals surface area contributed by atoms with Gasteiger partial charge in [-0.15, -0.1) is 0 Å². The van der Waals surface area contributed by atoms with Crippen molar-refractivity contribution in [1.82, 2.24) is 14.2 Å². The molecule has 2 heterocycles. The lowest BCUT2D eigenvalue weighted by molar-refractivity contribution is 0.102. The summed E-state index contributed by atoms with van der Waals surface area (Å²) < 4.78 is 6.04. The molecule has 0 aliphatic rings. The molecule has 6 heteroatoms. The number of aryl methyl sites for hydroxylation is 2. The van der Waals surface area contributed by atoms with Crippen molar-refractivity contribution in [2.75, 3.05) is 5.32 Å². The molecule has 1 N–H and O–H groups in total. The zero-order valence-corrected chi connectivity index (χ0v) is 12.6. The van der Waals surface area contributed by atoms with E-state index in [1.54, 1.807) is 5.38 Å². The molecule has 0 spiro atoms. The van der Waals surface area contributed by atoms with Crippen molar-refractivity contribution < 1.29 is 4.79 Å². The minimum Gasteiger partial charge on any atom is -0.319 e. The van der Waals surface area contributed by atoms with Crippen LogP contribution < -0.4 is 5.32 Å². The molecular formula is C13H18N4OS. The standard InChI is InChI=1S/C13H18N4OS/c1-7(2)17-10(5)12(9(4)15-17)14-13(18)11-6-19-16-8(11)3/h6-7H,1-5H3,(H,14,18). The number of aromatic nitrogens is 3. The summed E-state index contributed by atoms with van der Waals surface area (Å²) in [6.45, 7) is 9.84. The van der Waals surface area contributed by atoms with Crippen molar-refractivity contribution in [2.24, 2.45) is 0 Å². The Hall–Kier alpha value is -1.69. The van der Waals surface area contributed by atoms with Crippen molar-refractivity contribution in [3.63, 3.8) is 0 Å². The molecule has 1 amide bonds. The molecule has 0 radical (unpaired) electrons. The van der Waals surface area contributed by atoms with Crippen molar-refractivity contribution in [3.8, 4) is 0 Å². The molecule has 0 unspecified atom stereocenters. The van der Waals surface area contributed by atoms with E-state index in [9.17, 15) is 4.79 Å². The third-order valence-electron chi connectivity index (χ3n) is 3.05. The van der Waals surface area contributed by atoms with Gasteiger partial charge in [-0.1, -0.05) is 0 Å². The Morgan fingerprint density at radius 2 is 2.00 bits per heavy atom. The topological polar surface area (TPSA) is 59.8 Å². The Bertz CT molecular complexity index is 612. The van der Waals surface area contributed by atoms with Gasteiger partial charge in [-0.25, -0.2) is 0 Å². The van der Waals surface area contributed by atoms with Gasteiger partial charge < -0.3 is 5.32 Å². The Morgan fingerprint density at radius 1 is 1.32 bits per heavy atom. The minimum atomic E-state index is -0.124. The summed E-state index contributed by atoms with van der Waals surface area (Å²) in [5, 5.41) is 9.16. The molecule has 0 fully saturated rings. The average Bonchev–Trinajstić information content (AvgIpc) is 2.87. The second-order valence-electron chi connectivity index (χ2n) is 4.85. The van der Waals surface area contributed by atoms with Crippen LogP contribution in [0.2, 0.25) is 0 Å². The highest BCUT2D eigenvalue weighted by molar-refractivity contribution is 7.04. The first-order valence-electron chi connectivity index (χ1n) is 6.19. The van der Waals surface area contributed by atoms with Crippen molar-refractivity contribution >= 4 is 23.1 Å². The number of anilines is 1. The molecular weight excluding hydrogens is 260 g/mol. The van der Waals surface area contributed by atoms with Crippen LogP contribution in [0.1, 0.15) is 47.3 Å². The lowest BCUT2D eigenvalue weighted by atomic mass is 10.2. The molecule has 5 nitrogen and oxygen atoms in total. The molecule has 0 aliphatic heterocycles. The van der Waals surface area contributed by atoms with E-state index in [-0.39, 0.29) is 11.9 Å². The van der Waals surface area contributed by atoms with E-state index in [1.807, 2.05) is 25.5 Å². The number of amides is 1. The number of nitrogens with zero attached hydrogens (tertiary/aromatic N) is 3. The lowest BCUT2D eigenvalue weighted by Crippen LogP contribution is -2.14. The zero-order valence-electron chi connectivity index (χ0n) is 11.8. The SMILES string of the molecule is Cc1nscc1C(=O)Nc1c(C)nn(C(C)C)c1C. The molecule has 0 saturated carbocycles. The van der Waals surface area contributed by atoms with Crippen molar-refractivity contribution in [2.45, 2.75) is 40.7 Å². The van der Waals surface area contributed by atoms with Crippen LogP contribution in [0.5, 0.6) is 0 Å². The highest BCUT2D eigenvalue weighted by Gasteiger charge is 2.18. The summed E-state index contributed by atoms with van der Waals surface area (Å²) in [6.07, 6.45) is 0. The van der Waals surface area contributed by atoms with Crippen molar-refractivity contribution in [3.05, 3.63) is 28.0 Å². The van der Waals surface area contributed by atoms with Crippen LogP contribution in [0, 0.1) is 20.8 Å². The molecule has 19 heavy (non-hydrogen) atoms. The van der Waals surface area contributed by atoms with Crippen LogP contribution >= 0.6 is 11.5 Å². The molecule has 0 saturated heterocycles. The number of nitrogens with one attached hydrogen (secondary N) is 1. The van der Waals surface area contributed by atoms with Gasteiger partial charge in [0, 0.05) is 11.4 Å². The minimum absolute atomic E-state index is 0.124. The van der Waals surface area contributed by atoms with E-state index in [2.05, 4.69) is 28.6 Å². The van der Waals surface area contributed by atoms with Gasteiger partial charge in [0.15, 0.2) is 0 Å². The third kappa shape index (κ3) is 2.53. The van der Waals surface area contributed by atoms with Crippen molar-refractivity contribution in [1.29, 1.82) is 0 Å². The molecule has 2 rings (SSSR count). The summed E-state index contributed by atoms with van der Waals surface area (Å²) in [5.41, 5.74) is 3.99. The fraction of sp³-hybridized carbons (Fsp3) is 0.462. The summed E-state index contributed by atoms with van der Waals surface area (Å²) in [7, 11) is 0. The van der Waals surface area contributed by atoms with E-state index in [0.717, 1.165) is 22.8 Å². The Kier molecular flexibility index (Phi) is 3.71. The largest absolute Gasteiger partial charge is 0.319 e. The third-order valence-corrected chi connectivity index (χ3v) is 3.77. The van der Waals surface area contributed by atoms with Crippen LogP contribution in [0.3, 0.4) is 0 Å². The molecule has 0 atom stereocenters. The van der Waals surface area contributed by atoms with E-state index >= 15 is 0 Å². The molecule has 0 aliphatic carbocycles. The highest BCUT2D eigenvalue weighted by atomic mass is 32.1. The second-order valence-corrected chi connectivity index (χ2v) is 5.48. The molecule has 2 aromatic rings. The Labute approximate surface area is 116 Å². The number of carbonyl (C=O) groups excluding carboxylic acids is 1. The van der Waals surface area contributed by atoms with Gasteiger partial charge in [0.1, 0.15) is 0 Å². The molecule has 102 valence electrons. The number of rotatable bonds is 3. The van der Waals surface area contributed by atoms with E-state index in [1.165, 1.54) is 11.5 Å². The maximum absolute atomic E-state index is 12.2. The summed E-state index contributed by atoms with van der Waals surface area (Å²) in [6, 6.07) is 0.272. The second kappa shape index (κ2) is 5.13. The van der Waals surface area contributed by atoms with E-state index in [0.29, 0.717) is 5.56 Å². The summed E-state index contributed by atoms with van der Waals surface area (Å²) in [5.74, 6) is -0.124. The smallest absolute Gasteiger partial charge is 0.258 e. The van der Waals surface area contributed by atoms with Crippen LogP contribution in [-0.2, 0) is 0 Å². The molecule has 0 bridgehead atoms. The molecule has 2 aromatic heterocycles. The van der Waals surface area contributed by atoms with Gasteiger partial charge in [-0.3, -0.25) is 9.48 Å². The van der Waals surface area contributed by atoms with Gasteiger partial charge in [-0.05, 0) is 46.2 Å². The normalized spacial score (nSPS) is 11.1. The molecule has 0 aromatic carbocycles. The van der Waals surface area contributed by atoms with Gasteiger partial charge in [0.25, 0.3) is 5.91 Å². The van der Waals surface area contributed by atoms with Crippen LogP contribution in [-0.4, -0.2) is 20.1 Å². The highest BCUT2D eigenvalue weighted by Crippen LogP contribution is 2.23. The first-order valence-corrected chi connectivity index (χ1v) is 7.03. The van der Waals surface area contributed by atoms with Gasteiger partial charge in [0.2, 0.25) is 0 Å². The van der Waals surface area contributed by atoms with Crippen LogP contribution in [0.15, 0.2) is 5.38 Å². The lowest BCUT2D eigenvalue weighted by Gasteiger charge is -2.09. The summed E-state index contributed by atoms with van der Waals surface area (Å²) in [4.78, 5) is 12.2. The van der Waals surface area contributed by atoms with Gasteiger partial charge in [-0.2, -0.15) is 9.47 Å². The predicted molar refractivity (Wildman–Crippen MR) is 76.9 cm³/mol. The zero-order chi connectivity index (χ0) is 14.2. The Balaban J connectivity index is 2.30. The fourth-order valence-corrected chi connectivity index (χ4v) is 2.73. The quantitative estimate of drug-likeness (QED) is 0.938. The van der Waals surface area contributed by atoms with Crippen LogP contribution in [0.25, 0.3) is 0 Å². The van der Waals surface area contributed by atoms with Crippen LogP contribution in [0.4, 0.5) is 5.69 Å². The summed E-state index contributed by atoms with van der Waals surface area (Å²) >= 11 is 1.29. The maximum atomic E-state index is 12.2. The van der Waals surface area contributed by atoms with E-state index < -0.39 is 0 Å². The van der Waals surface area contributed by atoms with Gasteiger partial charge >= 0.3 is 0 Å².